The molecule has 1 atom stereocenters. The first-order valence-electron chi connectivity index (χ1n) is 5.56. The van der Waals surface area contributed by atoms with Crippen molar-refractivity contribution >= 4 is 28.5 Å². The number of nitrogens with one attached hydrogen (secondary N) is 1. The van der Waals surface area contributed by atoms with E-state index in [1.807, 2.05) is 6.92 Å². The molecule has 1 fully saturated rings. The first-order valence-corrected chi connectivity index (χ1v) is 6.64. The molecule has 0 radical (unpaired) electrons. The molecule has 0 spiro atoms. The van der Waals surface area contributed by atoms with Gasteiger partial charge in [0.1, 0.15) is 5.82 Å². The Morgan fingerprint density at radius 3 is 3.06 bits per heavy atom. The smallest absolute Gasteiger partial charge is 0.255 e. The zero-order chi connectivity index (χ0) is 12.4. The Morgan fingerprint density at radius 1 is 1.59 bits per heavy atom. The fourth-order valence-corrected chi connectivity index (χ4v) is 2.53. The molecule has 17 heavy (non-hydrogen) atoms. The van der Waals surface area contributed by atoms with Gasteiger partial charge in [-0.15, -0.1) is 0 Å². The molecule has 1 amide bonds. The molecule has 0 unspecified atom stereocenters. The van der Waals surface area contributed by atoms with E-state index >= 15 is 0 Å². The number of hydrogen-bond acceptors (Lipinski definition) is 2. The van der Waals surface area contributed by atoms with Gasteiger partial charge in [0.2, 0.25) is 0 Å². The molecule has 5 heteroatoms. The van der Waals surface area contributed by atoms with Crippen molar-refractivity contribution in [1.82, 2.24) is 10.2 Å². The fraction of sp³-hybridized carbons (Fsp3) is 0.417. The highest BCUT2D eigenvalue weighted by molar-refractivity contribution is 14.1. The van der Waals surface area contributed by atoms with E-state index in [0.29, 0.717) is 12.1 Å². The van der Waals surface area contributed by atoms with Crippen molar-refractivity contribution in [3.05, 3.63) is 33.1 Å². The molecule has 1 N–H and O–H groups in total. The van der Waals surface area contributed by atoms with Crippen molar-refractivity contribution in [2.24, 2.45) is 0 Å². The highest BCUT2D eigenvalue weighted by Gasteiger charge is 2.25. The van der Waals surface area contributed by atoms with Gasteiger partial charge in [0, 0.05) is 29.2 Å². The number of nitrogens with zero attached hydrogens (tertiary/aromatic N) is 1. The maximum atomic E-state index is 13.2. The zero-order valence-corrected chi connectivity index (χ0v) is 11.7. The van der Waals surface area contributed by atoms with Crippen LogP contribution in [0.3, 0.4) is 0 Å². The lowest BCUT2D eigenvalue weighted by atomic mass is 10.1. The van der Waals surface area contributed by atoms with Crippen molar-refractivity contribution < 1.29 is 9.18 Å². The minimum Gasteiger partial charge on any atom is -0.333 e. The highest BCUT2D eigenvalue weighted by atomic mass is 127. The van der Waals surface area contributed by atoms with Crippen molar-refractivity contribution in [3.63, 3.8) is 0 Å². The second kappa shape index (κ2) is 5.30. The number of benzene rings is 1. The monoisotopic (exact) mass is 348 g/mol. The summed E-state index contributed by atoms with van der Waals surface area (Å²) in [5, 5.41) is 3.23. The van der Waals surface area contributed by atoms with E-state index in [9.17, 15) is 9.18 Å². The van der Waals surface area contributed by atoms with Gasteiger partial charge in [-0.3, -0.25) is 4.79 Å². The van der Waals surface area contributed by atoms with Crippen molar-refractivity contribution in [2.75, 3.05) is 19.6 Å². The van der Waals surface area contributed by atoms with Crippen LogP contribution in [0.1, 0.15) is 17.3 Å². The average Bonchev–Trinajstić information content (AvgIpc) is 2.32. The molecule has 1 aliphatic heterocycles. The predicted octanol–water partition coefficient (Wildman–Crippen LogP) is 1.86. The lowest BCUT2D eigenvalue weighted by molar-refractivity contribution is 0.0654. The average molecular weight is 348 g/mol. The standard InChI is InChI=1S/C12H14FIN2O/c1-8-7-15-4-5-16(8)12(17)10-6-9(13)2-3-11(10)14/h2-3,6,8,15H,4-5,7H2,1H3/t8-/m1/s1. The molecule has 1 aromatic carbocycles. The molecule has 92 valence electrons. The summed E-state index contributed by atoms with van der Waals surface area (Å²) >= 11 is 2.07. The lowest BCUT2D eigenvalue weighted by Crippen LogP contribution is -2.52. The van der Waals surface area contributed by atoms with Crippen LogP contribution < -0.4 is 5.32 Å². The SMILES string of the molecule is C[C@@H]1CNCCN1C(=O)c1cc(F)ccc1I. The van der Waals surface area contributed by atoms with Gasteiger partial charge >= 0.3 is 0 Å². The van der Waals surface area contributed by atoms with E-state index in [0.717, 1.165) is 16.7 Å². The fourth-order valence-electron chi connectivity index (χ4n) is 1.96. The Morgan fingerprint density at radius 2 is 2.35 bits per heavy atom. The van der Waals surface area contributed by atoms with Gasteiger partial charge in [-0.2, -0.15) is 0 Å². The van der Waals surface area contributed by atoms with Crippen molar-refractivity contribution in [1.29, 1.82) is 0 Å². The third kappa shape index (κ3) is 2.77. The van der Waals surface area contributed by atoms with E-state index in [4.69, 9.17) is 0 Å². The van der Waals surface area contributed by atoms with Gasteiger partial charge < -0.3 is 10.2 Å². The highest BCUT2D eigenvalue weighted by Crippen LogP contribution is 2.18. The lowest BCUT2D eigenvalue weighted by Gasteiger charge is -2.34. The van der Waals surface area contributed by atoms with Gasteiger partial charge in [0.15, 0.2) is 0 Å². The quantitative estimate of drug-likeness (QED) is 0.786. The molecule has 1 aliphatic rings. The molecule has 0 aliphatic carbocycles. The summed E-state index contributed by atoms with van der Waals surface area (Å²) in [7, 11) is 0. The maximum absolute atomic E-state index is 13.2. The van der Waals surface area contributed by atoms with Crippen LogP contribution in [0.15, 0.2) is 18.2 Å². The van der Waals surface area contributed by atoms with Crippen LogP contribution >= 0.6 is 22.6 Å². The van der Waals surface area contributed by atoms with Gasteiger partial charge in [-0.1, -0.05) is 0 Å². The second-order valence-corrected chi connectivity index (χ2v) is 5.34. The molecular weight excluding hydrogens is 334 g/mol. The molecule has 1 heterocycles. The van der Waals surface area contributed by atoms with Crippen LogP contribution in [-0.2, 0) is 0 Å². The minimum atomic E-state index is -0.364. The summed E-state index contributed by atoms with van der Waals surface area (Å²) in [6.07, 6.45) is 0. The van der Waals surface area contributed by atoms with Gasteiger partial charge in [-0.25, -0.2) is 4.39 Å². The van der Waals surface area contributed by atoms with E-state index < -0.39 is 0 Å². The Bertz CT molecular complexity index is 439. The Labute approximate surface area is 114 Å². The molecule has 0 aromatic heterocycles. The third-order valence-electron chi connectivity index (χ3n) is 2.92. The van der Waals surface area contributed by atoms with Gasteiger partial charge in [-0.05, 0) is 47.7 Å². The molecule has 0 bridgehead atoms. The summed E-state index contributed by atoms with van der Waals surface area (Å²) < 4.78 is 14.0. The van der Waals surface area contributed by atoms with Crippen LogP contribution in [0.25, 0.3) is 0 Å². The molecule has 1 saturated heterocycles. The number of piperazine rings is 1. The van der Waals surface area contributed by atoms with Crippen LogP contribution in [0.2, 0.25) is 0 Å². The van der Waals surface area contributed by atoms with Gasteiger partial charge in [0.05, 0.1) is 5.56 Å². The van der Waals surface area contributed by atoms with E-state index in [-0.39, 0.29) is 17.8 Å². The normalized spacial score (nSPS) is 20.4. The number of hydrogen-bond donors (Lipinski definition) is 1. The molecule has 0 saturated carbocycles. The Balaban J connectivity index is 2.26. The number of carbonyl (C=O) groups is 1. The Hall–Kier alpha value is -0.690. The summed E-state index contributed by atoms with van der Waals surface area (Å²) in [6.45, 7) is 4.25. The number of rotatable bonds is 1. The van der Waals surface area contributed by atoms with Crippen LogP contribution in [0.5, 0.6) is 0 Å². The number of halogens is 2. The summed E-state index contributed by atoms with van der Waals surface area (Å²) in [5.41, 5.74) is 0.458. The van der Waals surface area contributed by atoms with E-state index in [1.54, 1.807) is 11.0 Å². The van der Waals surface area contributed by atoms with Crippen LogP contribution in [0.4, 0.5) is 4.39 Å². The largest absolute Gasteiger partial charge is 0.333 e. The molecule has 3 nitrogen and oxygen atoms in total. The van der Waals surface area contributed by atoms with E-state index in [1.165, 1.54) is 12.1 Å². The summed E-state index contributed by atoms with van der Waals surface area (Å²) in [6, 6.07) is 4.48. The van der Waals surface area contributed by atoms with E-state index in [2.05, 4.69) is 27.9 Å². The second-order valence-electron chi connectivity index (χ2n) is 4.18. The van der Waals surface area contributed by atoms with Crippen molar-refractivity contribution in [3.8, 4) is 0 Å². The van der Waals surface area contributed by atoms with Gasteiger partial charge in [0.25, 0.3) is 5.91 Å². The van der Waals surface area contributed by atoms with Crippen molar-refractivity contribution in [2.45, 2.75) is 13.0 Å². The van der Waals surface area contributed by atoms with Crippen LogP contribution in [-0.4, -0.2) is 36.5 Å². The zero-order valence-electron chi connectivity index (χ0n) is 9.54. The molecule has 2 rings (SSSR count). The minimum absolute atomic E-state index is 0.0806. The Kier molecular flexibility index (Phi) is 3.98. The topological polar surface area (TPSA) is 32.3 Å². The maximum Gasteiger partial charge on any atom is 0.255 e. The summed E-state index contributed by atoms with van der Waals surface area (Å²) in [5.74, 6) is -0.445. The summed E-state index contributed by atoms with van der Waals surface area (Å²) in [4.78, 5) is 14.1. The number of amides is 1. The first-order chi connectivity index (χ1) is 8.09. The first kappa shape index (κ1) is 12.8. The molecular formula is C12H14FIN2O. The predicted molar refractivity (Wildman–Crippen MR) is 72.5 cm³/mol. The van der Waals surface area contributed by atoms with Crippen LogP contribution in [0, 0.1) is 9.39 Å². The third-order valence-corrected chi connectivity index (χ3v) is 3.86. The number of carbonyl (C=O) groups excluding carboxylic acids is 1. The molecule has 1 aromatic rings.